The van der Waals surface area contributed by atoms with Crippen molar-refractivity contribution in [1.29, 1.82) is 0 Å². The van der Waals surface area contributed by atoms with Gasteiger partial charge < -0.3 is 4.55 Å². The first kappa shape index (κ1) is 15.2. The Morgan fingerprint density at radius 2 is 1.94 bits per heavy atom. The third kappa shape index (κ3) is 3.32. The van der Waals surface area contributed by atoms with E-state index in [1.165, 1.54) is 19.1 Å². The van der Waals surface area contributed by atoms with Gasteiger partial charge in [-0.05, 0) is 30.2 Å². The van der Waals surface area contributed by atoms with Crippen LogP contribution < -0.4 is 0 Å². The van der Waals surface area contributed by atoms with Crippen LogP contribution in [0.1, 0.15) is 12.6 Å². The van der Waals surface area contributed by atoms with Gasteiger partial charge in [0.25, 0.3) is 0 Å². The Labute approximate surface area is 103 Å². The average molecular weight is 286 g/mol. The molecule has 101 valence electrons. The molecule has 0 bridgehead atoms. The maximum absolute atomic E-state index is 12.8. The molecule has 0 saturated carbocycles. The van der Waals surface area contributed by atoms with Gasteiger partial charge in [0.2, 0.25) is 0 Å². The monoisotopic (exact) mass is 286 g/mol. The van der Waals surface area contributed by atoms with Crippen LogP contribution in [0.25, 0.3) is 0 Å². The third-order valence-corrected chi connectivity index (χ3v) is 3.36. The summed E-state index contributed by atoms with van der Waals surface area (Å²) in [5.74, 6) is -4.90. The molecule has 0 aromatic carbocycles. The molecule has 0 amide bonds. The van der Waals surface area contributed by atoms with Crippen molar-refractivity contribution in [1.82, 2.24) is 4.98 Å². The molecule has 0 spiro atoms. The van der Waals surface area contributed by atoms with Crippen molar-refractivity contribution >= 4 is 11.2 Å². The molecule has 18 heavy (non-hydrogen) atoms. The maximum Gasteiger partial charge on any atom is 0.454 e. The fourth-order valence-corrected chi connectivity index (χ4v) is 2.00. The van der Waals surface area contributed by atoms with Gasteiger partial charge in [0.1, 0.15) is 11.4 Å². The third-order valence-electron chi connectivity index (χ3n) is 2.00. The number of hydrogen-bond acceptors (Lipinski definition) is 2. The number of rotatable bonds is 4. The molecule has 1 unspecified atom stereocenters. The number of halogens is 5. The van der Waals surface area contributed by atoms with Gasteiger partial charge in [-0.2, -0.15) is 22.0 Å². The second-order valence-electron chi connectivity index (χ2n) is 3.29. The van der Waals surface area contributed by atoms with Gasteiger partial charge in [0.15, 0.2) is 4.90 Å². The highest BCUT2D eigenvalue weighted by atomic mass is 32.2. The molecular weight excluding hydrogens is 277 g/mol. The molecule has 0 aliphatic carbocycles. The number of hydrogen-bond donors (Lipinski definition) is 0. The molecule has 1 aromatic heterocycles. The summed E-state index contributed by atoms with van der Waals surface area (Å²) < 4.78 is 73.3. The molecular formula is C10H9F5NOS. The van der Waals surface area contributed by atoms with E-state index in [0.29, 0.717) is 0 Å². The molecule has 1 atom stereocenters. The summed E-state index contributed by atoms with van der Waals surface area (Å²) in [6, 6.07) is 2.54. The predicted octanol–water partition coefficient (Wildman–Crippen LogP) is 2.96. The highest BCUT2D eigenvalue weighted by molar-refractivity contribution is 7.91. The zero-order valence-electron chi connectivity index (χ0n) is 9.17. The Bertz CT molecular complexity index is 409. The summed E-state index contributed by atoms with van der Waals surface area (Å²) in [6.45, 7) is 1.52. The van der Waals surface area contributed by atoms with Crippen molar-refractivity contribution in [2.75, 3.05) is 5.75 Å². The van der Waals surface area contributed by atoms with Crippen molar-refractivity contribution < 1.29 is 26.5 Å². The minimum Gasteiger partial charge on any atom is -0.611 e. The van der Waals surface area contributed by atoms with Gasteiger partial charge in [-0.25, -0.2) is 0 Å². The summed E-state index contributed by atoms with van der Waals surface area (Å²) in [5.41, 5.74) is -0.611. The fraction of sp³-hybridized carbons (Fsp3) is 0.400. The van der Waals surface area contributed by atoms with E-state index in [9.17, 15) is 26.5 Å². The molecule has 0 N–H and O–H groups in total. The van der Waals surface area contributed by atoms with Crippen molar-refractivity contribution in [2.24, 2.45) is 0 Å². The standard InChI is InChI=1S/C10H9F5NOS/c1-2-18(17)8-4-3-5-16-7(8)6-9(11,12)10(13,14)15/h3-6H,2H2,1H3. The largest absolute Gasteiger partial charge is 0.611 e. The van der Waals surface area contributed by atoms with Gasteiger partial charge in [0, 0.05) is 6.20 Å². The van der Waals surface area contributed by atoms with Crippen LogP contribution in [0.3, 0.4) is 0 Å². The highest BCUT2D eigenvalue weighted by Crippen LogP contribution is 2.39. The van der Waals surface area contributed by atoms with Crippen LogP contribution in [0.4, 0.5) is 22.0 Å². The Hall–Kier alpha value is -0.890. The average Bonchev–Trinajstić information content (AvgIpc) is 2.26. The van der Waals surface area contributed by atoms with E-state index in [1.54, 1.807) is 0 Å². The van der Waals surface area contributed by atoms with Crippen LogP contribution in [0.5, 0.6) is 0 Å². The fourth-order valence-electron chi connectivity index (χ4n) is 1.11. The van der Waals surface area contributed by atoms with Crippen LogP contribution >= 0.6 is 0 Å². The molecule has 2 nitrogen and oxygen atoms in total. The van der Waals surface area contributed by atoms with Gasteiger partial charge in [-0.15, -0.1) is 0 Å². The lowest BCUT2D eigenvalue weighted by Crippen LogP contribution is -2.37. The van der Waals surface area contributed by atoms with Crippen LogP contribution in [0.2, 0.25) is 0 Å². The molecule has 0 saturated heterocycles. The van der Waals surface area contributed by atoms with Gasteiger partial charge in [-0.1, -0.05) is 0 Å². The SMILES string of the molecule is CC[S+]([O-])c1cccnc1[CH]C(F)(F)C(F)(F)F. The van der Waals surface area contributed by atoms with E-state index in [0.717, 1.165) is 6.20 Å². The summed E-state index contributed by atoms with van der Waals surface area (Å²) in [7, 11) is 0. The van der Waals surface area contributed by atoms with E-state index < -0.39 is 29.0 Å². The second kappa shape index (κ2) is 5.40. The summed E-state index contributed by atoms with van der Waals surface area (Å²) in [4.78, 5) is 3.28. The Kier molecular flexibility index (Phi) is 4.55. The molecule has 0 fully saturated rings. The second-order valence-corrected chi connectivity index (χ2v) is 4.99. The summed E-state index contributed by atoms with van der Waals surface area (Å²) in [5, 5.41) is 0. The van der Waals surface area contributed by atoms with Crippen LogP contribution in [0, 0.1) is 6.42 Å². The number of alkyl halides is 5. The van der Waals surface area contributed by atoms with Crippen LogP contribution in [0.15, 0.2) is 23.2 Å². The smallest absolute Gasteiger partial charge is 0.454 e. The maximum atomic E-state index is 12.8. The molecule has 1 heterocycles. The number of pyridine rings is 1. The lowest BCUT2D eigenvalue weighted by molar-refractivity contribution is -0.265. The van der Waals surface area contributed by atoms with Crippen molar-refractivity contribution in [3.05, 3.63) is 30.4 Å². The van der Waals surface area contributed by atoms with Gasteiger partial charge in [0.05, 0.1) is 6.42 Å². The first-order valence-electron chi connectivity index (χ1n) is 4.83. The Morgan fingerprint density at radius 1 is 1.33 bits per heavy atom. The normalized spacial score (nSPS) is 14.6. The molecule has 1 aromatic rings. The number of nitrogens with zero attached hydrogens (tertiary/aromatic N) is 1. The van der Waals surface area contributed by atoms with E-state index in [4.69, 9.17) is 0 Å². The van der Waals surface area contributed by atoms with Crippen molar-refractivity contribution in [3.8, 4) is 0 Å². The molecule has 8 heteroatoms. The zero-order chi connectivity index (χ0) is 14.0. The van der Waals surface area contributed by atoms with Gasteiger partial charge in [-0.3, -0.25) is 4.98 Å². The molecule has 1 radical (unpaired) electrons. The highest BCUT2D eigenvalue weighted by Gasteiger charge is 2.58. The minimum absolute atomic E-state index is 0.101. The number of aromatic nitrogens is 1. The Morgan fingerprint density at radius 3 is 2.44 bits per heavy atom. The molecule has 0 aliphatic rings. The van der Waals surface area contributed by atoms with E-state index in [1.807, 2.05) is 0 Å². The minimum atomic E-state index is -5.70. The molecule has 1 rings (SSSR count). The van der Waals surface area contributed by atoms with Gasteiger partial charge >= 0.3 is 12.1 Å². The lowest BCUT2D eigenvalue weighted by Gasteiger charge is -2.20. The van der Waals surface area contributed by atoms with Crippen LogP contribution in [-0.4, -0.2) is 27.4 Å². The quantitative estimate of drug-likeness (QED) is 0.630. The lowest BCUT2D eigenvalue weighted by atomic mass is 10.1. The van der Waals surface area contributed by atoms with Crippen molar-refractivity contribution in [3.63, 3.8) is 0 Å². The summed E-state index contributed by atoms with van der Waals surface area (Å²) in [6.07, 6.45) is -4.94. The molecule has 0 aliphatic heterocycles. The summed E-state index contributed by atoms with van der Waals surface area (Å²) >= 11 is -1.66. The first-order chi connectivity index (χ1) is 8.19. The Balaban J connectivity index is 3.05. The van der Waals surface area contributed by atoms with Crippen LogP contribution in [-0.2, 0) is 11.2 Å². The first-order valence-corrected chi connectivity index (χ1v) is 6.14. The zero-order valence-corrected chi connectivity index (χ0v) is 9.99. The predicted molar refractivity (Wildman–Crippen MR) is 55.6 cm³/mol. The van der Waals surface area contributed by atoms with Crippen molar-refractivity contribution in [2.45, 2.75) is 23.9 Å². The van der Waals surface area contributed by atoms with E-state index >= 15 is 0 Å². The topological polar surface area (TPSA) is 36.0 Å². The van der Waals surface area contributed by atoms with E-state index in [2.05, 4.69) is 4.98 Å². The van der Waals surface area contributed by atoms with E-state index in [-0.39, 0.29) is 17.1 Å².